The average Bonchev–Trinajstić information content (AvgIpc) is 2.88. The summed E-state index contributed by atoms with van der Waals surface area (Å²) in [6, 6.07) is 7.59. The number of aromatic carboxylic acids is 1. The van der Waals surface area contributed by atoms with Gasteiger partial charge in [0.15, 0.2) is 5.69 Å². The van der Waals surface area contributed by atoms with E-state index in [2.05, 4.69) is 21.7 Å². The van der Waals surface area contributed by atoms with Crippen molar-refractivity contribution in [3.05, 3.63) is 41.2 Å². The minimum Gasteiger partial charge on any atom is -0.476 e. The van der Waals surface area contributed by atoms with E-state index >= 15 is 0 Å². The highest BCUT2D eigenvalue weighted by molar-refractivity contribution is 5.84. The highest BCUT2D eigenvalue weighted by atomic mass is 16.4. The molecule has 20 heavy (non-hydrogen) atoms. The van der Waals surface area contributed by atoms with Crippen molar-refractivity contribution in [1.29, 1.82) is 5.26 Å². The Hall–Kier alpha value is -2.88. The summed E-state index contributed by atoms with van der Waals surface area (Å²) in [5.74, 6) is -1.09. The number of carboxylic acids is 1. The van der Waals surface area contributed by atoms with Gasteiger partial charge in [0.05, 0.1) is 24.4 Å². The second-order valence-electron chi connectivity index (χ2n) is 4.24. The van der Waals surface area contributed by atoms with Crippen molar-refractivity contribution < 1.29 is 9.90 Å². The molecule has 0 saturated heterocycles. The second kappa shape index (κ2) is 5.84. The number of benzene rings is 1. The molecule has 0 fully saturated rings. The number of rotatable bonds is 5. The molecular weight excluding hydrogens is 258 g/mol. The fourth-order valence-corrected chi connectivity index (χ4v) is 1.72. The number of nitriles is 1. The molecule has 0 amide bonds. The van der Waals surface area contributed by atoms with Crippen LogP contribution >= 0.6 is 0 Å². The van der Waals surface area contributed by atoms with Gasteiger partial charge in [-0.25, -0.2) is 9.48 Å². The van der Waals surface area contributed by atoms with Crippen molar-refractivity contribution in [1.82, 2.24) is 15.0 Å². The van der Waals surface area contributed by atoms with Gasteiger partial charge in [0, 0.05) is 12.2 Å². The van der Waals surface area contributed by atoms with E-state index in [-0.39, 0.29) is 5.69 Å². The predicted molar refractivity (Wildman–Crippen MR) is 71.4 cm³/mol. The highest BCUT2D eigenvalue weighted by Crippen LogP contribution is 2.14. The van der Waals surface area contributed by atoms with Gasteiger partial charge in [-0.15, -0.1) is 5.10 Å². The van der Waals surface area contributed by atoms with E-state index in [4.69, 9.17) is 10.4 Å². The van der Waals surface area contributed by atoms with Gasteiger partial charge in [-0.2, -0.15) is 5.26 Å². The predicted octanol–water partition coefficient (Wildman–Crippen LogP) is 1.27. The summed E-state index contributed by atoms with van der Waals surface area (Å²) >= 11 is 0. The number of nitrogens with one attached hydrogen (secondary N) is 1. The van der Waals surface area contributed by atoms with Crippen molar-refractivity contribution in [2.24, 2.45) is 0 Å². The van der Waals surface area contributed by atoms with E-state index in [1.54, 1.807) is 6.07 Å². The Bertz CT molecular complexity index is 672. The van der Waals surface area contributed by atoms with Gasteiger partial charge in [-0.05, 0) is 30.7 Å². The van der Waals surface area contributed by atoms with E-state index in [0.29, 0.717) is 18.7 Å². The normalized spacial score (nSPS) is 10.0. The van der Waals surface area contributed by atoms with Crippen molar-refractivity contribution in [2.75, 3.05) is 11.9 Å². The fraction of sp³-hybridized carbons (Fsp3) is 0.231. The van der Waals surface area contributed by atoms with Crippen LogP contribution in [0.5, 0.6) is 0 Å². The first kappa shape index (κ1) is 13.5. The molecule has 2 rings (SSSR count). The minimum absolute atomic E-state index is 0.0702. The fourth-order valence-electron chi connectivity index (χ4n) is 1.72. The zero-order valence-electron chi connectivity index (χ0n) is 10.9. The maximum Gasteiger partial charge on any atom is 0.358 e. The molecule has 0 saturated carbocycles. The lowest BCUT2D eigenvalue weighted by molar-refractivity contribution is 0.0690. The number of anilines is 1. The molecule has 1 heterocycles. The SMILES string of the molecule is Cc1cc(NCCn2cc(C(=O)O)nn2)ccc1C#N. The van der Waals surface area contributed by atoms with Crippen LogP contribution in [0.2, 0.25) is 0 Å². The Morgan fingerprint density at radius 3 is 2.95 bits per heavy atom. The highest BCUT2D eigenvalue weighted by Gasteiger charge is 2.07. The summed E-state index contributed by atoms with van der Waals surface area (Å²) in [5, 5.41) is 28.0. The Morgan fingerprint density at radius 1 is 1.55 bits per heavy atom. The molecule has 0 bridgehead atoms. The Morgan fingerprint density at radius 2 is 2.35 bits per heavy atom. The van der Waals surface area contributed by atoms with Crippen molar-refractivity contribution in [3.63, 3.8) is 0 Å². The first-order valence-corrected chi connectivity index (χ1v) is 5.98. The molecule has 0 spiro atoms. The van der Waals surface area contributed by atoms with Gasteiger partial charge in [0.25, 0.3) is 0 Å². The first-order chi connectivity index (χ1) is 9.60. The zero-order valence-corrected chi connectivity index (χ0v) is 10.9. The lowest BCUT2D eigenvalue weighted by Gasteiger charge is -2.07. The molecule has 0 aliphatic rings. The molecule has 1 aromatic carbocycles. The van der Waals surface area contributed by atoms with Crippen molar-refractivity contribution in [3.8, 4) is 6.07 Å². The summed E-state index contributed by atoms with van der Waals surface area (Å²) in [7, 11) is 0. The van der Waals surface area contributed by atoms with Crippen molar-refractivity contribution in [2.45, 2.75) is 13.5 Å². The summed E-state index contributed by atoms with van der Waals surface area (Å²) in [5.41, 5.74) is 2.39. The summed E-state index contributed by atoms with van der Waals surface area (Å²) in [4.78, 5) is 10.6. The number of carboxylic acid groups (broad SMARTS) is 1. The van der Waals surface area contributed by atoms with Gasteiger partial charge in [-0.3, -0.25) is 0 Å². The van der Waals surface area contributed by atoms with Crippen LogP contribution in [-0.4, -0.2) is 32.6 Å². The molecule has 7 heteroatoms. The number of aryl methyl sites for hydroxylation is 1. The van der Waals surface area contributed by atoms with Gasteiger partial charge in [0.1, 0.15) is 0 Å². The first-order valence-electron chi connectivity index (χ1n) is 5.98. The van der Waals surface area contributed by atoms with E-state index < -0.39 is 5.97 Å². The standard InChI is InChI=1S/C13H13N5O2/c1-9-6-11(3-2-10(9)7-14)15-4-5-18-8-12(13(19)20)16-17-18/h2-3,6,8,15H,4-5H2,1H3,(H,19,20). The lowest BCUT2D eigenvalue weighted by atomic mass is 10.1. The molecule has 0 atom stereocenters. The van der Waals surface area contributed by atoms with Crippen LogP contribution < -0.4 is 5.32 Å². The number of nitrogens with zero attached hydrogens (tertiary/aromatic N) is 4. The van der Waals surface area contributed by atoms with Gasteiger partial charge in [0.2, 0.25) is 0 Å². The monoisotopic (exact) mass is 271 g/mol. The average molecular weight is 271 g/mol. The molecule has 1 aromatic heterocycles. The van der Waals surface area contributed by atoms with Crippen molar-refractivity contribution >= 4 is 11.7 Å². The third-order valence-corrected chi connectivity index (χ3v) is 2.77. The summed E-state index contributed by atoms with van der Waals surface area (Å²) in [6.45, 7) is 2.95. The largest absolute Gasteiger partial charge is 0.476 e. The Balaban J connectivity index is 1.91. The molecular formula is C13H13N5O2. The Labute approximate surface area is 115 Å². The minimum atomic E-state index is -1.09. The Kier molecular flexibility index (Phi) is 3.96. The molecule has 2 aromatic rings. The van der Waals surface area contributed by atoms with Gasteiger partial charge < -0.3 is 10.4 Å². The van der Waals surface area contributed by atoms with Crippen LogP contribution in [-0.2, 0) is 6.54 Å². The quantitative estimate of drug-likeness (QED) is 0.848. The number of hydrogen-bond acceptors (Lipinski definition) is 5. The molecule has 0 radical (unpaired) electrons. The van der Waals surface area contributed by atoms with E-state index in [0.717, 1.165) is 11.3 Å². The molecule has 0 aliphatic heterocycles. The third kappa shape index (κ3) is 3.11. The lowest BCUT2D eigenvalue weighted by Crippen LogP contribution is -2.11. The van der Waals surface area contributed by atoms with E-state index in [9.17, 15) is 4.79 Å². The molecule has 102 valence electrons. The smallest absolute Gasteiger partial charge is 0.358 e. The maximum atomic E-state index is 10.6. The number of hydrogen-bond donors (Lipinski definition) is 2. The van der Waals surface area contributed by atoms with Crippen LogP contribution in [0.4, 0.5) is 5.69 Å². The van der Waals surface area contributed by atoms with Crippen LogP contribution in [0.15, 0.2) is 24.4 Å². The topological polar surface area (TPSA) is 104 Å². The van der Waals surface area contributed by atoms with E-state index in [1.165, 1.54) is 10.9 Å². The second-order valence-corrected chi connectivity index (χ2v) is 4.24. The van der Waals surface area contributed by atoms with E-state index in [1.807, 2.05) is 19.1 Å². The molecule has 0 unspecified atom stereocenters. The summed E-state index contributed by atoms with van der Waals surface area (Å²) < 4.78 is 1.47. The van der Waals surface area contributed by atoms with Crippen LogP contribution in [0.1, 0.15) is 21.6 Å². The van der Waals surface area contributed by atoms with Crippen LogP contribution in [0.3, 0.4) is 0 Å². The van der Waals surface area contributed by atoms with Crippen LogP contribution in [0.25, 0.3) is 0 Å². The number of aromatic nitrogens is 3. The molecule has 0 aliphatic carbocycles. The van der Waals surface area contributed by atoms with Crippen LogP contribution in [0, 0.1) is 18.3 Å². The van der Waals surface area contributed by atoms with Gasteiger partial charge >= 0.3 is 5.97 Å². The maximum absolute atomic E-state index is 10.6. The third-order valence-electron chi connectivity index (χ3n) is 2.77. The summed E-state index contributed by atoms with van der Waals surface area (Å²) in [6.07, 6.45) is 1.38. The van der Waals surface area contributed by atoms with Gasteiger partial charge in [-0.1, -0.05) is 5.21 Å². The number of carbonyl (C=O) groups is 1. The molecule has 2 N–H and O–H groups in total. The molecule has 7 nitrogen and oxygen atoms in total. The zero-order chi connectivity index (χ0) is 14.5.